The zero-order chi connectivity index (χ0) is 21.2. The van der Waals surface area contributed by atoms with E-state index >= 15 is 0 Å². The van der Waals surface area contributed by atoms with Gasteiger partial charge in [-0.1, -0.05) is 35.0 Å². The Morgan fingerprint density at radius 2 is 1.93 bits per heavy atom. The van der Waals surface area contributed by atoms with Crippen molar-refractivity contribution in [3.05, 3.63) is 75.6 Å². The second-order valence-electron chi connectivity index (χ2n) is 6.27. The Morgan fingerprint density at radius 1 is 1.21 bits per heavy atom. The molecule has 0 aliphatic carbocycles. The Hall–Kier alpha value is -3.00. The predicted molar refractivity (Wildman–Crippen MR) is 101 cm³/mol. The maximum atomic E-state index is 12.9. The molecule has 0 aliphatic heterocycles. The van der Waals surface area contributed by atoms with Gasteiger partial charge in [0.2, 0.25) is 0 Å². The van der Waals surface area contributed by atoms with E-state index in [-0.39, 0.29) is 23.0 Å². The zero-order valence-corrected chi connectivity index (χ0v) is 16.2. The van der Waals surface area contributed by atoms with Gasteiger partial charge in [0.15, 0.2) is 5.69 Å². The lowest BCUT2D eigenvalue weighted by Crippen LogP contribution is -2.16. The van der Waals surface area contributed by atoms with E-state index in [9.17, 15) is 18.0 Å². The number of halogens is 4. The molecule has 152 valence electrons. The molecule has 0 spiro atoms. The summed E-state index contributed by atoms with van der Waals surface area (Å²) in [4.78, 5) is 12.6. The fraction of sp³-hybridized carbons (Fsp3) is 0.200. The Balaban J connectivity index is 1.82. The maximum absolute atomic E-state index is 12.9. The van der Waals surface area contributed by atoms with Crippen LogP contribution in [0.15, 0.2) is 47.0 Å². The summed E-state index contributed by atoms with van der Waals surface area (Å²) in [7, 11) is 0. The van der Waals surface area contributed by atoms with Gasteiger partial charge >= 0.3 is 6.18 Å². The first-order valence-electron chi connectivity index (χ1n) is 8.48. The van der Waals surface area contributed by atoms with Gasteiger partial charge in [0.1, 0.15) is 18.1 Å². The summed E-state index contributed by atoms with van der Waals surface area (Å²) in [6, 6.07) is 9.99. The first kappa shape index (κ1) is 20.7. The molecular formula is C20H16ClF3N2O3. The number of ether oxygens (including phenoxy) is 1. The van der Waals surface area contributed by atoms with Crippen molar-refractivity contribution in [2.24, 2.45) is 0 Å². The van der Waals surface area contributed by atoms with Crippen LogP contribution in [0.3, 0.4) is 0 Å². The number of para-hydroxylation sites is 1. The van der Waals surface area contributed by atoms with Crippen molar-refractivity contribution < 1.29 is 27.2 Å². The van der Waals surface area contributed by atoms with Crippen molar-refractivity contribution in [2.45, 2.75) is 26.6 Å². The topological polar surface area (TPSA) is 64.4 Å². The molecule has 1 amide bonds. The molecule has 0 saturated heterocycles. The van der Waals surface area contributed by atoms with Crippen LogP contribution in [0.25, 0.3) is 0 Å². The van der Waals surface area contributed by atoms with Gasteiger partial charge in [0.05, 0.1) is 21.8 Å². The summed E-state index contributed by atoms with van der Waals surface area (Å²) in [6.45, 7) is 3.48. The second kappa shape index (κ2) is 8.16. The van der Waals surface area contributed by atoms with Gasteiger partial charge < -0.3 is 14.6 Å². The lowest BCUT2D eigenvalue weighted by molar-refractivity contribution is -0.137. The van der Waals surface area contributed by atoms with Gasteiger partial charge in [0, 0.05) is 0 Å². The number of aromatic nitrogens is 1. The number of alkyl halides is 3. The molecule has 29 heavy (non-hydrogen) atoms. The monoisotopic (exact) mass is 424 g/mol. The molecule has 1 N–H and O–H groups in total. The number of carbonyl (C=O) groups excluding carboxylic acids is 1. The van der Waals surface area contributed by atoms with Gasteiger partial charge in [0.25, 0.3) is 5.91 Å². The summed E-state index contributed by atoms with van der Waals surface area (Å²) in [6.07, 6.45) is -4.57. The van der Waals surface area contributed by atoms with E-state index in [1.807, 2.05) is 25.1 Å². The molecule has 0 radical (unpaired) electrons. The van der Waals surface area contributed by atoms with Crippen LogP contribution in [0.1, 0.15) is 32.9 Å². The lowest BCUT2D eigenvalue weighted by atomic mass is 10.1. The van der Waals surface area contributed by atoms with E-state index < -0.39 is 17.6 Å². The number of hydrogen-bond acceptors (Lipinski definition) is 4. The SMILES string of the molecule is Cc1ccccc1OCc1c(C(=O)Nc2cc(C(F)(F)F)ccc2Cl)noc1C. The first-order chi connectivity index (χ1) is 13.7. The van der Waals surface area contributed by atoms with E-state index in [1.165, 1.54) is 0 Å². The van der Waals surface area contributed by atoms with Crippen molar-refractivity contribution in [3.8, 4) is 5.75 Å². The smallest absolute Gasteiger partial charge is 0.416 e. The summed E-state index contributed by atoms with van der Waals surface area (Å²) >= 11 is 5.93. The molecule has 0 bridgehead atoms. The number of nitrogens with zero attached hydrogens (tertiary/aromatic N) is 1. The Morgan fingerprint density at radius 3 is 2.62 bits per heavy atom. The van der Waals surface area contributed by atoms with Crippen LogP contribution in [-0.4, -0.2) is 11.1 Å². The second-order valence-corrected chi connectivity index (χ2v) is 6.67. The van der Waals surface area contributed by atoms with Gasteiger partial charge in [-0.25, -0.2) is 0 Å². The molecule has 9 heteroatoms. The number of rotatable bonds is 5. The summed E-state index contributed by atoms with van der Waals surface area (Å²) in [5.74, 6) is 0.228. The normalized spacial score (nSPS) is 11.4. The molecule has 1 aromatic heterocycles. The summed E-state index contributed by atoms with van der Waals surface area (Å²) < 4.78 is 49.6. The van der Waals surface area contributed by atoms with E-state index in [0.717, 1.165) is 23.8 Å². The Bertz CT molecular complexity index is 1050. The molecule has 3 rings (SSSR count). The van der Waals surface area contributed by atoms with E-state index in [4.69, 9.17) is 20.9 Å². The highest BCUT2D eigenvalue weighted by Crippen LogP contribution is 2.34. The number of amides is 1. The fourth-order valence-electron chi connectivity index (χ4n) is 2.59. The highest BCUT2D eigenvalue weighted by atomic mass is 35.5. The molecule has 0 fully saturated rings. The third-order valence-corrected chi connectivity index (χ3v) is 4.54. The average molecular weight is 425 g/mol. The van der Waals surface area contributed by atoms with Crippen LogP contribution in [0.5, 0.6) is 5.75 Å². The number of anilines is 1. The predicted octanol–water partition coefficient (Wildman–Crippen LogP) is 5.79. The number of aryl methyl sites for hydroxylation is 2. The number of hydrogen-bond donors (Lipinski definition) is 1. The number of benzene rings is 2. The lowest BCUT2D eigenvalue weighted by Gasteiger charge is -2.12. The van der Waals surface area contributed by atoms with Gasteiger partial charge in [-0.05, 0) is 43.7 Å². The highest BCUT2D eigenvalue weighted by molar-refractivity contribution is 6.34. The fourth-order valence-corrected chi connectivity index (χ4v) is 2.75. The van der Waals surface area contributed by atoms with Crippen molar-refractivity contribution in [1.82, 2.24) is 5.16 Å². The molecule has 1 heterocycles. The van der Waals surface area contributed by atoms with E-state index in [2.05, 4.69) is 10.5 Å². The van der Waals surface area contributed by atoms with Gasteiger partial charge in [-0.2, -0.15) is 13.2 Å². The van der Waals surface area contributed by atoms with E-state index in [0.29, 0.717) is 17.1 Å². The minimum absolute atomic E-state index is 0.000731. The minimum atomic E-state index is -4.57. The van der Waals surface area contributed by atoms with Crippen LogP contribution >= 0.6 is 11.6 Å². The molecule has 0 unspecified atom stereocenters. The Kier molecular flexibility index (Phi) is 5.83. The molecule has 0 aliphatic rings. The van der Waals surface area contributed by atoms with Crippen molar-refractivity contribution >= 4 is 23.2 Å². The number of carbonyl (C=O) groups is 1. The largest absolute Gasteiger partial charge is 0.488 e. The van der Waals surface area contributed by atoms with Crippen LogP contribution < -0.4 is 10.1 Å². The Labute approximate surface area is 169 Å². The summed E-state index contributed by atoms with van der Waals surface area (Å²) in [5, 5.41) is 6.03. The quantitative estimate of drug-likeness (QED) is 0.562. The molecule has 0 saturated carbocycles. The van der Waals surface area contributed by atoms with Crippen molar-refractivity contribution in [3.63, 3.8) is 0 Å². The molecule has 0 atom stereocenters. The molecular weight excluding hydrogens is 409 g/mol. The van der Waals surface area contributed by atoms with Gasteiger partial charge in [-0.15, -0.1) is 0 Å². The third kappa shape index (κ3) is 4.71. The highest BCUT2D eigenvalue weighted by Gasteiger charge is 2.31. The standard InChI is InChI=1S/C20H16ClF3N2O3/c1-11-5-3-4-6-17(11)28-10-14-12(2)29-26-18(14)19(27)25-16-9-13(20(22,23)24)7-8-15(16)21/h3-9H,10H2,1-2H3,(H,25,27). The van der Waals surface area contributed by atoms with Gasteiger partial charge in [-0.3, -0.25) is 4.79 Å². The molecule has 2 aromatic carbocycles. The van der Waals surface area contributed by atoms with Crippen LogP contribution in [0.4, 0.5) is 18.9 Å². The maximum Gasteiger partial charge on any atom is 0.416 e. The average Bonchev–Trinajstić information content (AvgIpc) is 3.02. The molecule has 5 nitrogen and oxygen atoms in total. The third-order valence-electron chi connectivity index (χ3n) is 4.21. The first-order valence-corrected chi connectivity index (χ1v) is 8.86. The minimum Gasteiger partial charge on any atom is -0.488 e. The molecule has 3 aromatic rings. The van der Waals surface area contributed by atoms with E-state index in [1.54, 1.807) is 13.0 Å². The van der Waals surface area contributed by atoms with Crippen molar-refractivity contribution in [1.29, 1.82) is 0 Å². The zero-order valence-electron chi connectivity index (χ0n) is 15.4. The van der Waals surface area contributed by atoms with Crippen molar-refractivity contribution in [2.75, 3.05) is 5.32 Å². The van der Waals surface area contributed by atoms with Crippen LogP contribution in [0.2, 0.25) is 5.02 Å². The number of nitrogens with one attached hydrogen (secondary N) is 1. The van der Waals surface area contributed by atoms with Crippen LogP contribution in [0, 0.1) is 13.8 Å². The van der Waals surface area contributed by atoms with Crippen LogP contribution in [-0.2, 0) is 12.8 Å². The summed E-state index contributed by atoms with van der Waals surface area (Å²) in [5.41, 5.74) is 0.0799.